The third kappa shape index (κ3) is 3.01. The maximum atomic E-state index is 5.78. The molecule has 1 aliphatic rings. The van der Waals surface area contributed by atoms with Crippen molar-refractivity contribution in [3.8, 4) is 0 Å². The Balaban J connectivity index is 2.07. The third-order valence-electron chi connectivity index (χ3n) is 2.52. The zero-order valence-corrected chi connectivity index (χ0v) is 10.5. The fraction of sp³-hybridized carbons (Fsp3) is 0.636. The summed E-state index contributed by atoms with van der Waals surface area (Å²) in [4.78, 5) is 8.78. The number of anilines is 2. The summed E-state index contributed by atoms with van der Waals surface area (Å²) in [5, 5.41) is 3.35. The Kier molecular flexibility index (Phi) is 3.53. The second kappa shape index (κ2) is 4.91. The van der Waals surface area contributed by atoms with Crippen molar-refractivity contribution in [2.24, 2.45) is 0 Å². The highest BCUT2D eigenvalue weighted by Gasteiger charge is 2.27. The maximum absolute atomic E-state index is 5.78. The van der Waals surface area contributed by atoms with E-state index in [4.69, 9.17) is 5.73 Å². The Bertz CT molecular complexity index is 365. The Labute approximate surface area is 100 Å². The quantitative estimate of drug-likeness (QED) is 0.822. The Morgan fingerprint density at radius 1 is 1.56 bits per heavy atom. The molecule has 1 heterocycles. The summed E-state index contributed by atoms with van der Waals surface area (Å²) in [7, 11) is 0. The van der Waals surface area contributed by atoms with Crippen molar-refractivity contribution in [1.82, 2.24) is 9.97 Å². The number of rotatable bonds is 5. The summed E-state index contributed by atoms with van der Waals surface area (Å²) in [5.41, 5.74) is 5.78. The van der Waals surface area contributed by atoms with Crippen molar-refractivity contribution < 1.29 is 0 Å². The van der Waals surface area contributed by atoms with E-state index >= 15 is 0 Å². The average Bonchev–Trinajstić information content (AvgIpc) is 2.99. The van der Waals surface area contributed by atoms with Crippen molar-refractivity contribution in [3.63, 3.8) is 0 Å². The highest BCUT2D eigenvalue weighted by Crippen LogP contribution is 2.38. The molecular weight excluding hydrogens is 220 g/mol. The predicted octanol–water partition coefficient (Wildman–Crippen LogP) is 2.10. The van der Waals surface area contributed by atoms with Gasteiger partial charge in [0.1, 0.15) is 17.5 Å². The minimum Gasteiger partial charge on any atom is -0.384 e. The summed E-state index contributed by atoms with van der Waals surface area (Å²) in [6.45, 7) is 2.14. The molecule has 2 rings (SSSR count). The number of aromatic nitrogens is 2. The van der Waals surface area contributed by atoms with Gasteiger partial charge in [-0.25, -0.2) is 9.97 Å². The van der Waals surface area contributed by atoms with Crippen LogP contribution in [0.4, 0.5) is 11.6 Å². The molecule has 1 fully saturated rings. The van der Waals surface area contributed by atoms with E-state index in [0.29, 0.717) is 17.8 Å². The van der Waals surface area contributed by atoms with Gasteiger partial charge in [-0.3, -0.25) is 0 Å². The summed E-state index contributed by atoms with van der Waals surface area (Å²) in [6.07, 6.45) is 4.49. The van der Waals surface area contributed by atoms with Gasteiger partial charge in [-0.15, -0.1) is 0 Å². The van der Waals surface area contributed by atoms with Crippen molar-refractivity contribution in [2.45, 2.75) is 31.7 Å². The Morgan fingerprint density at radius 2 is 2.31 bits per heavy atom. The van der Waals surface area contributed by atoms with E-state index in [1.165, 1.54) is 12.8 Å². The predicted molar refractivity (Wildman–Crippen MR) is 69.9 cm³/mol. The van der Waals surface area contributed by atoms with E-state index in [1.807, 2.05) is 17.8 Å². The molecule has 4 nitrogen and oxygen atoms in total. The van der Waals surface area contributed by atoms with E-state index in [-0.39, 0.29) is 0 Å². The molecule has 0 aliphatic heterocycles. The second-order valence-electron chi connectivity index (χ2n) is 4.31. The molecule has 1 aromatic heterocycles. The van der Waals surface area contributed by atoms with Crippen LogP contribution in [0.15, 0.2) is 6.07 Å². The van der Waals surface area contributed by atoms with Gasteiger partial charge in [0, 0.05) is 23.8 Å². The van der Waals surface area contributed by atoms with Gasteiger partial charge in [-0.1, -0.05) is 0 Å². The van der Waals surface area contributed by atoms with Gasteiger partial charge in [-0.2, -0.15) is 11.8 Å². The van der Waals surface area contributed by atoms with Crippen LogP contribution in [0, 0.1) is 0 Å². The van der Waals surface area contributed by atoms with Gasteiger partial charge >= 0.3 is 0 Å². The van der Waals surface area contributed by atoms with Gasteiger partial charge in [-0.05, 0) is 26.0 Å². The zero-order valence-electron chi connectivity index (χ0n) is 9.73. The lowest BCUT2D eigenvalue weighted by molar-refractivity contribution is 0.876. The average molecular weight is 238 g/mol. The first kappa shape index (κ1) is 11.5. The SMILES string of the molecule is CSCC(C)Nc1cc(N)nc(C2CC2)n1. The molecule has 1 saturated carbocycles. The van der Waals surface area contributed by atoms with Crippen LogP contribution in [0.3, 0.4) is 0 Å². The molecule has 0 bridgehead atoms. The van der Waals surface area contributed by atoms with Crippen LogP contribution in [0.5, 0.6) is 0 Å². The number of thioether (sulfide) groups is 1. The van der Waals surface area contributed by atoms with E-state index in [1.54, 1.807) is 0 Å². The van der Waals surface area contributed by atoms with Crippen LogP contribution < -0.4 is 11.1 Å². The second-order valence-corrected chi connectivity index (χ2v) is 5.22. The topological polar surface area (TPSA) is 63.8 Å². The fourth-order valence-corrected chi connectivity index (χ4v) is 2.21. The first-order valence-corrected chi connectivity index (χ1v) is 6.98. The summed E-state index contributed by atoms with van der Waals surface area (Å²) in [6, 6.07) is 2.21. The largest absolute Gasteiger partial charge is 0.384 e. The molecule has 1 atom stereocenters. The van der Waals surface area contributed by atoms with Gasteiger partial charge in [0.05, 0.1) is 0 Å². The lowest BCUT2D eigenvalue weighted by atomic mass is 10.3. The molecule has 3 N–H and O–H groups in total. The van der Waals surface area contributed by atoms with Crippen LogP contribution in [0.1, 0.15) is 31.5 Å². The van der Waals surface area contributed by atoms with E-state index in [9.17, 15) is 0 Å². The van der Waals surface area contributed by atoms with Crippen molar-refractivity contribution in [2.75, 3.05) is 23.1 Å². The molecule has 1 aliphatic carbocycles. The fourth-order valence-electron chi connectivity index (χ4n) is 1.63. The molecule has 88 valence electrons. The third-order valence-corrected chi connectivity index (χ3v) is 3.35. The number of hydrogen-bond donors (Lipinski definition) is 2. The minimum atomic E-state index is 0.399. The number of hydrogen-bond acceptors (Lipinski definition) is 5. The maximum Gasteiger partial charge on any atom is 0.136 e. The van der Waals surface area contributed by atoms with Crippen molar-refractivity contribution in [1.29, 1.82) is 0 Å². The smallest absolute Gasteiger partial charge is 0.136 e. The van der Waals surface area contributed by atoms with Crippen LogP contribution in [-0.2, 0) is 0 Å². The zero-order chi connectivity index (χ0) is 11.5. The summed E-state index contributed by atoms with van der Waals surface area (Å²) < 4.78 is 0. The Hall–Kier alpha value is -0.970. The van der Waals surface area contributed by atoms with Crippen molar-refractivity contribution >= 4 is 23.4 Å². The lowest BCUT2D eigenvalue weighted by Crippen LogP contribution is -2.19. The van der Waals surface area contributed by atoms with Crippen LogP contribution in [-0.4, -0.2) is 28.0 Å². The number of nitrogens with two attached hydrogens (primary N) is 1. The molecule has 0 saturated heterocycles. The first-order chi connectivity index (χ1) is 7.69. The molecule has 0 radical (unpaired) electrons. The number of nitrogen functional groups attached to an aromatic ring is 1. The van der Waals surface area contributed by atoms with Crippen LogP contribution in [0.25, 0.3) is 0 Å². The normalized spacial score (nSPS) is 17.1. The molecule has 1 unspecified atom stereocenters. The minimum absolute atomic E-state index is 0.399. The van der Waals surface area contributed by atoms with Crippen LogP contribution in [0.2, 0.25) is 0 Å². The molecular formula is C11H18N4S. The van der Waals surface area contributed by atoms with Crippen LogP contribution >= 0.6 is 11.8 Å². The summed E-state index contributed by atoms with van der Waals surface area (Å²) >= 11 is 1.82. The Morgan fingerprint density at radius 3 is 2.94 bits per heavy atom. The molecule has 1 aromatic rings. The van der Waals surface area contributed by atoms with Gasteiger partial charge < -0.3 is 11.1 Å². The molecule has 0 spiro atoms. The first-order valence-electron chi connectivity index (χ1n) is 5.59. The van der Waals surface area contributed by atoms with Gasteiger partial charge in [0.15, 0.2) is 0 Å². The number of nitrogens with one attached hydrogen (secondary N) is 1. The molecule has 0 aromatic carbocycles. The highest BCUT2D eigenvalue weighted by molar-refractivity contribution is 7.98. The standard InChI is InChI=1S/C11H18N4S/c1-7(6-16-2)13-10-5-9(12)14-11(15-10)8-3-4-8/h5,7-8H,3-4,6H2,1-2H3,(H3,12,13,14,15). The van der Waals surface area contributed by atoms with E-state index in [2.05, 4.69) is 28.5 Å². The van der Waals surface area contributed by atoms with Crippen molar-refractivity contribution in [3.05, 3.63) is 11.9 Å². The molecule has 5 heteroatoms. The van der Waals surface area contributed by atoms with E-state index in [0.717, 1.165) is 17.4 Å². The van der Waals surface area contributed by atoms with E-state index < -0.39 is 0 Å². The number of nitrogens with zero attached hydrogens (tertiary/aromatic N) is 2. The van der Waals surface area contributed by atoms with Gasteiger partial charge in [0.2, 0.25) is 0 Å². The van der Waals surface area contributed by atoms with Gasteiger partial charge in [0.25, 0.3) is 0 Å². The summed E-state index contributed by atoms with van der Waals surface area (Å²) in [5.74, 6) is 3.92. The highest BCUT2D eigenvalue weighted by atomic mass is 32.2. The molecule has 16 heavy (non-hydrogen) atoms. The molecule has 0 amide bonds. The lowest BCUT2D eigenvalue weighted by Gasteiger charge is -2.14. The monoisotopic (exact) mass is 238 g/mol.